The lowest BCUT2D eigenvalue weighted by Crippen LogP contribution is -2.27. The smallest absolute Gasteiger partial charge is 0.0587 e. The van der Waals surface area contributed by atoms with Gasteiger partial charge in [-0.3, -0.25) is 0 Å². The second-order valence-electron chi connectivity index (χ2n) is 5.07. The molecular formula is C11H25NO. The molecule has 2 heteroatoms. The van der Waals surface area contributed by atoms with Crippen molar-refractivity contribution in [2.24, 2.45) is 11.3 Å². The molecule has 0 spiro atoms. The summed E-state index contributed by atoms with van der Waals surface area (Å²) in [6.07, 6.45) is 1.27. The SMILES string of the molecule is COCCNCC(C)CC(C)(C)C. The largest absolute Gasteiger partial charge is 0.383 e. The van der Waals surface area contributed by atoms with Crippen LogP contribution >= 0.6 is 0 Å². The molecule has 0 aromatic carbocycles. The Balaban J connectivity index is 3.35. The van der Waals surface area contributed by atoms with Crippen molar-refractivity contribution in [2.75, 3.05) is 26.8 Å². The molecule has 0 aromatic rings. The van der Waals surface area contributed by atoms with Crippen molar-refractivity contribution in [3.05, 3.63) is 0 Å². The monoisotopic (exact) mass is 187 g/mol. The minimum atomic E-state index is 0.447. The fraction of sp³-hybridized carbons (Fsp3) is 1.00. The van der Waals surface area contributed by atoms with Gasteiger partial charge >= 0.3 is 0 Å². The summed E-state index contributed by atoms with van der Waals surface area (Å²) in [5, 5.41) is 3.38. The van der Waals surface area contributed by atoms with E-state index in [-0.39, 0.29) is 0 Å². The predicted octanol–water partition coefficient (Wildman–Crippen LogP) is 2.29. The molecule has 0 rings (SSSR count). The lowest BCUT2D eigenvalue weighted by molar-refractivity contribution is 0.196. The molecule has 0 amide bonds. The van der Waals surface area contributed by atoms with Crippen molar-refractivity contribution in [2.45, 2.75) is 34.1 Å². The highest BCUT2D eigenvalue weighted by molar-refractivity contribution is 4.67. The molecule has 2 nitrogen and oxygen atoms in total. The van der Waals surface area contributed by atoms with Crippen LogP contribution in [-0.2, 0) is 4.74 Å². The Morgan fingerprint density at radius 3 is 2.38 bits per heavy atom. The Hall–Kier alpha value is -0.0800. The maximum Gasteiger partial charge on any atom is 0.0587 e. The van der Waals surface area contributed by atoms with Gasteiger partial charge in [0.2, 0.25) is 0 Å². The summed E-state index contributed by atoms with van der Waals surface area (Å²) in [6, 6.07) is 0. The zero-order chi connectivity index (χ0) is 10.3. The number of hydrogen-bond acceptors (Lipinski definition) is 2. The predicted molar refractivity (Wildman–Crippen MR) is 58.0 cm³/mol. The summed E-state index contributed by atoms with van der Waals surface area (Å²) >= 11 is 0. The van der Waals surface area contributed by atoms with Crippen LogP contribution in [0.15, 0.2) is 0 Å². The standard InChI is InChI=1S/C11H25NO/c1-10(8-11(2,3)4)9-12-6-7-13-5/h10,12H,6-9H2,1-5H3. The Labute approximate surface area is 83.1 Å². The van der Waals surface area contributed by atoms with E-state index in [0.29, 0.717) is 5.41 Å². The number of nitrogens with one attached hydrogen (secondary N) is 1. The lowest BCUT2D eigenvalue weighted by atomic mass is 9.85. The first-order chi connectivity index (χ1) is 5.95. The van der Waals surface area contributed by atoms with Gasteiger partial charge in [-0.25, -0.2) is 0 Å². The van der Waals surface area contributed by atoms with Crippen LogP contribution in [0.1, 0.15) is 34.1 Å². The Bertz CT molecular complexity index is 118. The van der Waals surface area contributed by atoms with Gasteiger partial charge in [-0.15, -0.1) is 0 Å². The molecule has 1 N–H and O–H groups in total. The summed E-state index contributed by atoms with van der Waals surface area (Å²) in [6.45, 7) is 12.0. The lowest BCUT2D eigenvalue weighted by Gasteiger charge is -2.23. The van der Waals surface area contributed by atoms with Gasteiger partial charge in [0.1, 0.15) is 0 Å². The van der Waals surface area contributed by atoms with E-state index in [0.717, 1.165) is 25.6 Å². The summed E-state index contributed by atoms with van der Waals surface area (Å²) in [5.74, 6) is 0.747. The van der Waals surface area contributed by atoms with Crippen LogP contribution in [0.25, 0.3) is 0 Å². The third-order valence-electron chi connectivity index (χ3n) is 1.94. The van der Waals surface area contributed by atoms with Gasteiger partial charge in [-0.1, -0.05) is 27.7 Å². The maximum atomic E-state index is 4.96. The number of rotatable bonds is 6. The second-order valence-corrected chi connectivity index (χ2v) is 5.07. The molecule has 0 aliphatic carbocycles. The number of ether oxygens (including phenoxy) is 1. The van der Waals surface area contributed by atoms with Crippen molar-refractivity contribution >= 4 is 0 Å². The van der Waals surface area contributed by atoms with Gasteiger partial charge in [0, 0.05) is 13.7 Å². The van der Waals surface area contributed by atoms with Crippen LogP contribution < -0.4 is 5.32 Å². The van der Waals surface area contributed by atoms with Gasteiger partial charge in [-0.2, -0.15) is 0 Å². The third kappa shape index (κ3) is 9.84. The topological polar surface area (TPSA) is 21.3 Å². The van der Waals surface area contributed by atoms with Crippen LogP contribution in [0.5, 0.6) is 0 Å². The van der Waals surface area contributed by atoms with Crippen LogP contribution in [0, 0.1) is 11.3 Å². The van der Waals surface area contributed by atoms with E-state index in [4.69, 9.17) is 4.74 Å². The van der Waals surface area contributed by atoms with Gasteiger partial charge in [0.05, 0.1) is 6.61 Å². The summed E-state index contributed by atoms with van der Waals surface area (Å²) < 4.78 is 4.96. The highest BCUT2D eigenvalue weighted by Gasteiger charge is 2.14. The summed E-state index contributed by atoms with van der Waals surface area (Å²) in [5.41, 5.74) is 0.447. The highest BCUT2D eigenvalue weighted by atomic mass is 16.5. The van der Waals surface area contributed by atoms with Crippen LogP contribution in [0.3, 0.4) is 0 Å². The third-order valence-corrected chi connectivity index (χ3v) is 1.94. The Kier molecular flexibility index (Phi) is 6.35. The molecular weight excluding hydrogens is 162 g/mol. The number of methoxy groups -OCH3 is 1. The average Bonchev–Trinajstić information content (AvgIpc) is 1.94. The first-order valence-electron chi connectivity index (χ1n) is 5.15. The molecule has 0 heterocycles. The zero-order valence-electron chi connectivity index (χ0n) is 9.81. The average molecular weight is 187 g/mol. The van der Waals surface area contributed by atoms with Crippen LogP contribution in [0.4, 0.5) is 0 Å². The van der Waals surface area contributed by atoms with E-state index in [1.165, 1.54) is 6.42 Å². The molecule has 0 saturated carbocycles. The molecule has 0 aliphatic rings. The Morgan fingerprint density at radius 2 is 1.92 bits per heavy atom. The van der Waals surface area contributed by atoms with Gasteiger partial charge in [0.25, 0.3) is 0 Å². The van der Waals surface area contributed by atoms with E-state index in [9.17, 15) is 0 Å². The number of hydrogen-bond donors (Lipinski definition) is 1. The fourth-order valence-corrected chi connectivity index (χ4v) is 1.64. The quantitative estimate of drug-likeness (QED) is 0.644. The van der Waals surface area contributed by atoms with Crippen molar-refractivity contribution in [3.63, 3.8) is 0 Å². The molecule has 1 unspecified atom stereocenters. The molecule has 0 aliphatic heterocycles. The molecule has 0 radical (unpaired) electrons. The highest BCUT2D eigenvalue weighted by Crippen LogP contribution is 2.23. The van der Waals surface area contributed by atoms with Gasteiger partial charge in [0.15, 0.2) is 0 Å². The molecule has 0 aromatic heterocycles. The molecule has 13 heavy (non-hydrogen) atoms. The maximum absolute atomic E-state index is 4.96. The summed E-state index contributed by atoms with van der Waals surface area (Å²) in [7, 11) is 1.74. The first-order valence-corrected chi connectivity index (χ1v) is 5.15. The van der Waals surface area contributed by atoms with Gasteiger partial charge in [-0.05, 0) is 24.3 Å². The van der Waals surface area contributed by atoms with E-state index < -0.39 is 0 Å². The van der Waals surface area contributed by atoms with Crippen LogP contribution in [0.2, 0.25) is 0 Å². The van der Waals surface area contributed by atoms with Gasteiger partial charge < -0.3 is 10.1 Å². The van der Waals surface area contributed by atoms with Crippen molar-refractivity contribution in [1.82, 2.24) is 5.32 Å². The van der Waals surface area contributed by atoms with E-state index in [1.807, 2.05) is 0 Å². The molecule has 1 atom stereocenters. The van der Waals surface area contributed by atoms with Crippen molar-refractivity contribution in [3.8, 4) is 0 Å². The minimum absolute atomic E-state index is 0.447. The summed E-state index contributed by atoms with van der Waals surface area (Å²) in [4.78, 5) is 0. The molecule has 80 valence electrons. The Morgan fingerprint density at radius 1 is 1.31 bits per heavy atom. The van der Waals surface area contributed by atoms with E-state index in [2.05, 4.69) is 33.0 Å². The zero-order valence-corrected chi connectivity index (χ0v) is 9.81. The van der Waals surface area contributed by atoms with Crippen molar-refractivity contribution < 1.29 is 4.74 Å². The molecule has 0 bridgehead atoms. The van der Waals surface area contributed by atoms with Crippen LogP contribution in [-0.4, -0.2) is 26.8 Å². The molecule has 0 saturated heterocycles. The molecule has 0 fully saturated rings. The normalized spacial score (nSPS) is 14.5. The van der Waals surface area contributed by atoms with Crippen molar-refractivity contribution in [1.29, 1.82) is 0 Å². The first kappa shape index (κ1) is 12.9. The van der Waals surface area contributed by atoms with E-state index >= 15 is 0 Å². The minimum Gasteiger partial charge on any atom is -0.383 e. The second kappa shape index (κ2) is 6.39. The fourth-order valence-electron chi connectivity index (χ4n) is 1.64. The van der Waals surface area contributed by atoms with E-state index in [1.54, 1.807) is 7.11 Å².